The Morgan fingerprint density at radius 1 is 1.29 bits per heavy atom. The van der Waals surface area contributed by atoms with Crippen molar-refractivity contribution in [3.63, 3.8) is 0 Å². The van der Waals surface area contributed by atoms with Crippen LogP contribution in [0.1, 0.15) is 18.2 Å². The van der Waals surface area contributed by atoms with Gasteiger partial charge in [-0.25, -0.2) is 4.98 Å². The molecule has 0 aliphatic heterocycles. The van der Waals surface area contributed by atoms with Gasteiger partial charge in [0.15, 0.2) is 0 Å². The van der Waals surface area contributed by atoms with Gasteiger partial charge in [-0.2, -0.15) is 0 Å². The van der Waals surface area contributed by atoms with Crippen LogP contribution in [0.4, 0.5) is 5.69 Å². The summed E-state index contributed by atoms with van der Waals surface area (Å²) in [5, 5.41) is 6.10. The lowest BCUT2D eigenvalue weighted by molar-refractivity contribution is 0.337. The highest BCUT2D eigenvalue weighted by molar-refractivity contribution is 7.11. The van der Waals surface area contributed by atoms with Gasteiger partial charge in [-0.15, -0.1) is 0 Å². The molecule has 17 heavy (non-hydrogen) atoms. The number of thiazole rings is 1. The monoisotopic (exact) mass is 248 g/mol. The van der Waals surface area contributed by atoms with Gasteiger partial charge < -0.3 is 10.1 Å². The molecule has 0 aliphatic rings. The maximum atomic E-state index is 5.33. The van der Waals surface area contributed by atoms with E-state index in [1.165, 1.54) is 16.9 Å². The molecule has 3 nitrogen and oxygen atoms in total. The van der Waals surface area contributed by atoms with Crippen molar-refractivity contribution in [2.75, 3.05) is 11.9 Å². The van der Waals surface area contributed by atoms with E-state index in [-0.39, 0.29) is 0 Å². The van der Waals surface area contributed by atoms with E-state index in [4.69, 9.17) is 4.74 Å². The first-order valence-electron chi connectivity index (χ1n) is 5.65. The average molecular weight is 248 g/mol. The first-order valence-corrected chi connectivity index (χ1v) is 6.53. The van der Waals surface area contributed by atoms with Gasteiger partial charge >= 0.3 is 0 Å². The third-order valence-corrected chi connectivity index (χ3v) is 3.12. The molecule has 1 aromatic carbocycles. The summed E-state index contributed by atoms with van der Waals surface area (Å²) in [5.74, 6) is 0. The Balaban J connectivity index is 1.90. The highest BCUT2D eigenvalue weighted by Gasteiger charge is 2.01. The number of hydrogen-bond acceptors (Lipinski definition) is 4. The first-order chi connectivity index (χ1) is 8.28. The Hall–Kier alpha value is -1.55. The minimum atomic E-state index is 0.665. The van der Waals surface area contributed by atoms with Crippen LogP contribution >= 0.6 is 11.3 Å². The molecule has 0 fully saturated rings. The van der Waals surface area contributed by atoms with E-state index in [9.17, 15) is 0 Å². The Kier molecular flexibility index (Phi) is 3.98. The van der Waals surface area contributed by atoms with E-state index in [0.29, 0.717) is 6.61 Å². The van der Waals surface area contributed by atoms with Crippen LogP contribution in [0.15, 0.2) is 29.6 Å². The van der Waals surface area contributed by atoms with E-state index < -0.39 is 0 Å². The van der Waals surface area contributed by atoms with Crippen LogP contribution < -0.4 is 10.1 Å². The number of benzene rings is 1. The molecule has 1 heterocycles. The van der Waals surface area contributed by atoms with E-state index >= 15 is 0 Å². The standard InChI is InChI=1S/C13H16N2OS/c1-3-16-13-15-12(9-17-13)8-14-11-6-4-10(2)5-7-11/h4-7,9,14H,3,8H2,1-2H3. The van der Waals surface area contributed by atoms with Crippen molar-refractivity contribution in [1.82, 2.24) is 4.98 Å². The molecule has 0 saturated heterocycles. The average Bonchev–Trinajstić information content (AvgIpc) is 2.77. The number of aryl methyl sites for hydroxylation is 1. The van der Waals surface area contributed by atoms with Crippen LogP contribution in [0.3, 0.4) is 0 Å². The topological polar surface area (TPSA) is 34.1 Å². The minimum Gasteiger partial charge on any atom is -0.470 e. The predicted octanol–water partition coefficient (Wildman–Crippen LogP) is 3.46. The van der Waals surface area contributed by atoms with E-state index in [0.717, 1.165) is 23.1 Å². The molecule has 0 bridgehead atoms. The largest absolute Gasteiger partial charge is 0.470 e. The number of ether oxygens (including phenoxy) is 1. The zero-order chi connectivity index (χ0) is 12.1. The fourth-order valence-electron chi connectivity index (χ4n) is 1.42. The highest BCUT2D eigenvalue weighted by Crippen LogP contribution is 2.19. The van der Waals surface area contributed by atoms with Crippen LogP contribution in [-0.4, -0.2) is 11.6 Å². The molecule has 0 amide bonds. The van der Waals surface area contributed by atoms with Crippen LogP contribution in [0.25, 0.3) is 0 Å². The van der Waals surface area contributed by atoms with E-state index in [1.807, 2.05) is 12.3 Å². The van der Waals surface area contributed by atoms with Gasteiger partial charge in [0.05, 0.1) is 18.8 Å². The summed E-state index contributed by atoms with van der Waals surface area (Å²) in [7, 11) is 0. The summed E-state index contributed by atoms with van der Waals surface area (Å²) < 4.78 is 5.33. The van der Waals surface area contributed by atoms with Crippen LogP contribution in [-0.2, 0) is 6.54 Å². The Labute approximate surface area is 105 Å². The van der Waals surface area contributed by atoms with Crippen molar-refractivity contribution in [3.8, 4) is 5.19 Å². The molecule has 2 rings (SSSR count). The van der Waals surface area contributed by atoms with Crippen molar-refractivity contribution in [2.24, 2.45) is 0 Å². The maximum Gasteiger partial charge on any atom is 0.273 e. The lowest BCUT2D eigenvalue weighted by Crippen LogP contribution is -2.00. The minimum absolute atomic E-state index is 0.665. The second kappa shape index (κ2) is 5.68. The number of hydrogen-bond donors (Lipinski definition) is 1. The van der Waals surface area contributed by atoms with Gasteiger partial charge in [-0.1, -0.05) is 29.0 Å². The van der Waals surface area contributed by atoms with Crippen LogP contribution in [0.5, 0.6) is 5.19 Å². The van der Waals surface area contributed by atoms with Gasteiger partial charge in [0.25, 0.3) is 5.19 Å². The van der Waals surface area contributed by atoms with Gasteiger partial charge in [0.2, 0.25) is 0 Å². The predicted molar refractivity (Wildman–Crippen MR) is 71.8 cm³/mol. The normalized spacial score (nSPS) is 10.2. The maximum absolute atomic E-state index is 5.33. The molecule has 1 aromatic heterocycles. The number of rotatable bonds is 5. The molecule has 4 heteroatoms. The Bertz CT molecular complexity index is 465. The molecule has 0 radical (unpaired) electrons. The van der Waals surface area contributed by atoms with Crippen molar-refractivity contribution in [3.05, 3.63) is 40.9 Å². The molecule has 0 atom stereocenters. The van der Waals surface area contributed by atoms with Gasteiger partial charge in [-0.3, -0.25) is 0 Å². The van der Waals surface area contributed by atoms with Crippen molar-refractivity contribution < 1.29 is 4.74 Å². The number of nitrogens with zero attached hydrogens (tertiary/aromatic N) is 1. The van der Waals surface area contributed by atoms with Crippen molar-refractivity contribution >= 4 is 17.0 Å². The summed E-state index contributed by atoms with van der Waals surface area (Å²) in [6, 6.07) is 8.33. The summed E-state index contributed by atoms with van der Waals surface area (Å²) >= 11 is 1.54. The van der Waals surface area contributed by atoms with Gasteiger partial charge in [-0.05, 0) is 26.0 Å². The Morgan fingerprint density at radius 3 is 2.76 bits per heavy atom. The Morgan fingerprint density at radius 2 is 2.06 bits per heavy atom. The zero-order valence-corrected chi connectivity index (χ0v) is 10.9. The third-order valence-electron chi connectivity index (χ3n) is 2.32. The van der Waals surface area contributed by atoms with Gasteiger partial charge in [0, 0.05) is 11.1 Å². The van der Waals surface area contributed by atoms with E-state index in [2.05, 4.69) is 41.5 Å². The lowest BCUT2D eigenvalue weighted by atomic mass is 10.2. The van der Waals surface area contributed by atoms with Crippen LogP contribution in [0.2, 0.25) is 0 Å². The quantitative estimate of drug-likeness (QED) is 0.879. The molecular weight excluding hydrogens is 232 g/mol. The van der Waals surface area contributed by atoms with Crippen molar-refractivity contribution in [1.29, 1.82) is 0 Å². The fourth-order valence-corrected chi connectivity index (χ4v) is 2.15. The smallest absolute Gasteiger partial charge is 0.273 e. The lowest BCUT2D eigenvalue weighted by Gasteiger charge is -2.04. The molecule has 0 aliphatic carbocycles. The zero-order valence-electron chi connectivity index (χ0n) is 10.1. The summed E-state index contributed by atoms with van der Waals surface area (Å²) in [6.07, 6.45) is 0. The fraction of sp³-hybridized carbons (Fsp3) is 0.308. The van der Waals surface area contributed by atoms with E-state index in [1.54, 1.807) is 0 Å². The summed E-state index contributed by atoms with van der Waals surface area (Å²) in [4.78, 5) is 4.37. The molecule has 90 valence electrons. The molecular formula is C13H16N2OS. The first kappa shape index (κ1) is 11.9. The molecule has 1 N–H and O–H groups in total. The number of nitrogens with one attached hydrogen (secondary N) is 1. The second-order valence-corrected chi connectivity index (χ2v) is 4.58. The number of anilines is 1. The molecule has 0 saturated carbocycles. The second-order valence-electron chi connectivity index (χ2n) is 3.76. The van der Waals surface area contributed by atoms with Gasteiger partial charge in [0.1, 0.15) is 0 Å². The summed E-state index contributed by atoms with van der Waals surface area (Å²) in [5.41, 5.74) is 3.39. The number of aromatic nitrogens is 1. The summed E-state index contributed by atoms with van der Waals surface area (Å²) in [6.45, 7) is 5.44. The highest BCUT2D eigenvalue weighted by atomic mass is 32.1. The molecule has 0 unspecified atom stereocenters. The molecule has 2 aromatic rings. The molecule has 0 spiro atoms. The van der Waals surface area contributed by atoms with Crippen LogP contribution in [0, 0.1) is 6.92 Å². The van der Waals surface area contributed by atoms with Crippen molar-refractivity contribution in [2.45, 2.75) is 20.4 Å². The third kappa shape index (κ3) is 3.46. The SMILES string of the molecule is CCOc1nc(CNc2ccc(C)cc2)cs1.